The highest BCUT2D eigenvalue weighted by Gasteiger charge is 2.08. The lowest BCUT2D eigenvalue weighted by molar-refractivity contribution is -0.128. The molecule has 4 aromatic rings. The molecule has 1 aromatic heterocycles. The van der Waals surface area contributed by atoms with Gasteiger partial charge in [0, 0.05) is 28.6 Å². The van der Waals surface area contributed by atoms with E-state index < -0.39 is 11.6 Å². The van der Waals surface area contributed by atoms with Crippen LogP contribution in [-0.2, 0) is 11.4 Å². The number of methoxy groups -OCH3 is 1. The fourth-order valence-electron chi connectivity index (χ4n) is 3.33. The zero-order chi connectivity index (χ0) is 24.1. The van der Waals surface area contributed by atoms with Gasteiger partial charge < -0.3 is 18.6 Å². The first-order valence-corrected chi connectivity index (χ1v) is 10.8. The zero-order valence-electron chi connectivity index (χ0n) is 18.5. The van der Waals surface area contributed by atoms with Crippen molar-refractivity contribution in [3.63, 3.8) is 0 Å². The first kappa shape index (κ1) is 23.1. The van der Waals surface area contributed by atoms with Crippen molar-refractivity contribution in [2.75, 3.05) is 7.11 Å². The molecule has 0 fully saturated rings. The molecule has 1 heterocycles. The van der Waals surface area contributed by atoms with Gasteiger partial charge in [-0.1, -0.05) is 29.8 Å². The summed E-state index contributed by atoms with van der Waals surface area (Å²) in [7, 11) is 1.55. The second-order valence-electron chi connectivity index (χ2n) is 7.49. The van der Waals surface area contributed by atoms with Crippen LogP contribution in [0, 0.1) is 6.92 Å². The van der Waals surface area contributed by atoms with E-state index in [0.717, 1.165) is 22.1 Å². The summed E-state index contributed by atoms with van der Waals surface area (Å²) >= 11 is 5.91. The van der Waals surface area contributed by atoms with Crippen molar-refractivity contribution >= 4 is 34.6 Å². The van der Waals surface area contributed by atoms with Crippen LogP contribution in [0.15, 0.2) is 82.0 Å². The highest BCUT2D eigenvalue weighted by atomic mass is 35.5. The number of ether oxygens (including phenoxy) is 3. The van der Waals surface area contributed by atoms with E-state index in [2.05, 4.69) is 0 Å². The normalized spacial score (nSPS) is 11.0. The second kappa shape index (κ2) is 10.3. The van der Waals surface area contributed by atoms with Crippen molar-refractivity contribution in [1.82, 2.24) is 0 Å². The minimum Gasteiger partial charge on any atom is -0.493 e. The first-order valence-electron chi connectivity index (χ1n) is 10.4. The molecule has 34 heavy (non-hydrogen) atoms. The minimum absolute atomic E-state index is 0.277. The van der Waals surface area contributed by atoms with E-state index in [-0.39, 0.29) is 5.75 Å². The molecule has 0 amide bonds. The van der Waals surface area contributed by atoms with Crippen molar-refractivity contribution in [2.24, 2.45) is 0 Å². The van der Waals surface area contributed by atoms with Gasteiger partial charge in [-0.25, -0.2) is 9.59 Å². The molecule has 0 unspecified atom stereocenters. The molecule has 0 radical (unpaired) electrons. The third-order valence-electron chi connectivity index (χ3n) is 5.05. The summed E-state index contributed by atoms with van der Waals surface area (Å²) in [5.41, 5.74) is 2.40. The largest absolute Gasteiger partial charge is 0.493 e. The lowest BCUT2D eigenvalue weighted by Crippen LogP contribution is -2.04. The maximum Gasteiger partial charge on any atom is 0.336 e. The molecule has 0 saturated carbocycles. The Balaban J connectivity index is 1.42. The number of halogens is 1. The fraction of sp³-hybridized carbons (Fsp3) is 0.111. The van der Waals surface area contributed by atoms with Gasteiger partial charge in [-0.2, -0.15) is 0 Å². The number of rotatable bonds is 7. The van der Waals surface area contributed by atoms with Gasteiger partial charge in [0.25, 0.3) is 0 Å². The summed E-state index contributed by atoms with van der Waals surface area (Å²) in [6, 6.07) is 19.1. The third-order valence-corrected chi connectivity index (χ3v) is 5.30. The van der Waals surface area contributed by atoms with Gasteiger partial charge in [0.1, 0.15) is 17.9 Å². The van der Waals surface area contributed by atoms with Crippen LogP contribution in [0.25, 0.3) is 17.0 Å². The zero-order valence-corrected chi connectivity index (χ0v) is 19.3. The average Bonchev–Trinajstić information content (AvgIpc) is 2.82. The Kier molecular flexibility index (Phi) is 6.99. The highest BCUT2D eigenvalue weighted by Crippen LogP contribution is 2.29. The number of esters is 1. The van der Waals surface area contributed by atoms with Crippen LogP contribution in [0.4, 0.5) is 0 Å². The summed E-state index contributed by atoms with van der Waals surface area (Å²) in [4.78, 5) is 23.9. The van der Waals surface area contributed by atoms with E-state index in [1.165, 1.54) is 18.2 Å². The maximum absolute atomic E-state index is 12.3. The van der Waals surface area contributed by atoms with Gasteiger partial charge in [-0.3, -0.25) is 0 Å². The number of carbonyl (C=O) groups is 1. The number of benzene rings is 3. The lowest BCUT2D eigenvalue weighted by Gasteiger charge is -2.11. The van der Waals surface area contributed by atoms with Crippen LogP contribution in [-0.4, -0.2) is 13.1 Å². The van der Waals surface area contributed by atoms with Gasteiger partial charge in [0.15, 0.2) is 11.5 Å². The molecule has 0 N–H and O–H groups in total. The molecule has 0 aliphatic rings. The minimum atomic E-state index is -0.573. The van der Waals surface area contributed by atoms with Crippen LogP contribution in [0.1, 0.15) is 16.7 Å². The molecule has 0 spiro atoms. The Labute approximate surface area is 200 Å². The third kappa shape index (κ3) is 5.66. The fourth-order valence-corrected chi connectivity index (χ4v) is 3.46. The molecule has 4 rings (SSSR count). The average molecular weight is 477 g/mol. The Bertz CT molecular complexity index is 1420. The van der Waals surface area contributed by atoms with Crippen molar-refractivity contribution in [2.45, 2.75) is 13.5 Å². The van der Waals surface area contributed by atoms with Crippen molar-refractivity contribution in [3.8, 4) is 17.2 Å². The lowest BCUT2D eigenvalue weighted by atomic mass is 10.1. The van der Waals surface area contributed by atoms with E-state index >= 15 is 0 Å². The van der Waals surface area contributed by atoms with E-state index in [9.17, 15) is 9.59 Å². The summed E-state index contributed by atoms with van der Waals surface area (Å²) < 4.78 is 21.8. The molecule has 0 bridgehead atoms. The van der Waals surface area contributed by atoms with Crippen LogP contribution in [0.5, 0.6) is 17.2 Å². The summed E-state index contributed by atoms with van der Waals surface area (Å²) in [5.74, 6) is 0.811. The molecular weight excluding hydrogens is 456 g/mol. The second-order valence-corrected chi connectivity index (χ2v) is 7.92. The number of hydrogen-bond donors (Lipinski definition) is 0. The van der Waals surface area contributed by atoms with Crippen LogP contribution in [0.2, 0.25) is 5.02 Å². The first-order chi connectivity index (χ1) is 16.4. The monoisotopic (exact) mass is 476 g/mol. The smallest absolute Gasteiger partial charge is 0.336 e. The topological polar surface area (TPSA) is 75.0 Å². The molecule has 0 aliphatic carbocycles. The van der Waals surface area contributed by atoms with E-state index in [4.69, 9.17) is 30.2 Å². The van der Waals surface area contributed by atoms with Gasteiger partial charge >= 0.3 is 11.6 Å². The van der Waals surface area contributed by atoms with Crippen molar-refractivity contribution in [1.29, 1.82) is 0 Å². The van der Waals surface area contributed by atoms with Crippen LogP contribution < -0.4 is 19.8 Å². The Morgan fingerprint density at radius 2 is 1.79 bits per heavy atom. The Morgan fingerprint density at radius 1 is 1.00 bits per heavy atom. The molecule has 0 atom stereocenters. The molecule has 3 aromatic carbocycles. The van der Waals surface area contributed by atoms with Gasteiger partial charge in [0.05, 0.1) is 7.11 Å². The quantitative estimate of drug-likeness (QED) is 0.142. The maximum atomic E-state index is 12.3. The predicted octanol–water partition coefficient (Wildman–Crippen LogP) is 5.96. The molecular formula is C27H21ClO6. The standard InChI is InChI=1S/C27H21ClO6/c1-17-13-27(30)34-24-15-21(9-10-22(17)24)33-26(29)12-6-18-5-11-23(25(14-18)31-2)32-16-19-3-7-20(28)8-4-19/h3-15H,16H2,1-2H3/b12-6+. The number of hydrogen-bond acceptors (Lipinski definition) is 6. The summed E-state index contributed by atoms with van der Waals surface area (Å²) in [6.45, 7) is 2.18. The molecule has 7 heteroatoms. The van der Waals surface area contributed by atoms with Crippen molar-refractivity contribution < 1.29 is 23.4 Å². The Morgan fingerprint density at radius 3 is 2.56 bits per heavy atom. The SMILES string of the molecule is COc1cc(/C=C/C(=O)Oc2ccc3c(C)cc(=O)oc3c2)ccc1OCc1ccc(Cl)cc1. The van der Waals surface area contributed by atoms with E-state index in [1.54, 1.807) is 55.7 Å². The number of aryl methyl sites for hydroxylation is 1. The van der Waals surface area contributed by atoms with Gasteiger partial charge in [-0.15, -0.1) is 0 Å². The molecule has 172 valence electrons. The molecule has 0 aliphatic heterocycles. The number of fused-ring (bicyclic) bond motifs is 1. The van der Waals surface area contributed by atoms with Crippen molar-refractivity contribution in [3.05, 3.63) is 105 Å². The predicted molar refractivity (Wildman–Crippen MR) is 131 cm³/mol. The van der Waals surface area contributed by atoms with Crippen LogP contribution >= 0.6 is 11.6 Å². The molecule has 6 nitrogen and oxygen atoms in total. The van der Waals surface area contributed by atoms with Crippen LogP contribution in [0.3, 0.4) is 0 Å². The van der Waals surface area contributed by atoms with E-state index in [0.29, 0.717) is 28.7 Å². The summed E-state index contributed by atoms with van der Waals surface area (Å²) in [6.07, 6.45) is 2.92. The summed E-state index contributed by atoms with van der Waals surface area (Å²) in [5, 5.41) is 1.44. The Hall–Kier alpha value is -4.03. The highest BCUT2D eigenvalue weighted by molar-refractivity contribution is 6.30. The van der Waals surface area contributed by atoms with Gasteiger partial charge in [-0.05, 0) is 66.1 Å². The molecule has 0 saturated heterocycles. The number of carbonyl (C=O) groups excluding carboxylic acids is 1. The van der Waals surface area contributed by atoms with Gasteiger partial charge in [0.2, 0.25) is 0 Å². The van der Waals surface area contributed by atoms with E-state index in [1.807, 2.05) is 19.1 Å².